The number of benzene rings is 1. The predicted molar refractivity (Wildman–Crippen MR) is 69.6 cm³/mol. The summed E-state index contributed by atoms with van der Waals surface area (Å²) in [4.78, 5) is 22.2. The minimum Gasteiger partial charge on any atom is -0.428 e. The van der Waals surface area contributed by atoms with Gasteiger partial charge in [-0.3, -0.25) is 10.1 Å². The molecule has 2 heterocycles. The SMILES string of the molecule is CC1CCOC2OC(=O)C(c3ccc([N+](=O)[O-])cc3)=C12. The van der Waals surface area contributed by atoms with E-state index in [9.17, 15) is 14.9 Å². The number of hydrogen-bond acceptors (Lipinski definition) is 5. The third kappa shape index (κ3) is 1.98. The number of nitro groups is 1. The number of nitro benzene ring substituents is 1. The van der Waals surface area contributed by atoms with Gasteiger partial charge in [0, 0.05) is 17.7 Å². The van der Waals surface area contributed by atoms with Crippen molar-refractivity contribution < 1.29 is 19.2 Å². The summed E-state index contributed by atoms with van der Waals surface area (Å²) in [6.45, 7) is 2.59. The van der Waals surface area contributed by atoms with Gasteiger partial charge in [-0.1, -0.05) is 6.92 Å². The topological polar surface area (TPSA) is 78.7 Å². The fraction of sp³-hybridized carbons (Fsp3) is 0.357. The van der Waals surface area contributed by atoms with Crippen molar-refractivity contribution in [1.82, 2.24) is 0 Å². The normalized spacial score (nSPS) is 25.4. The van der Waals surface area contributed by atoms with E-state index in [0.29, 0.717) is 17.7 Å². The maximum Gasteiger partial charge on any atom is 0.341 e. The van der Waals surface area contributed by atoms with E-state index < -0.39 is 17.2 Å². The minimum absolute atomic E-state index is 0.00444. The highest BCUT2D eigenvalue weighted by Crippen LogP contribution is 2.39. The average Bonchev–Trinajstić information content (AvgIpc) is 2.76. The van der Waals surface area contributed by atoms with E-state index >= 15 is 0 Å². The molecular weight excluding hydrogens is 262 g/mol. The Morgan fingerprint density at radius 3 is 2.65 bits per heavy atom. The molecule has 0 radical (unpaired) electrons. The van der Waals surface area contributed by atoms with Crippen molar-refractivity contribution in [3.63, 3.8) is 0 Å². The number of ether oxygens (including phenoxy) is 2. The fourth-order valence-corrected chi connectivity index (χ4v) is 2.60. The Bertz CT molecular complexity index is 604. The van der Waals surface area contributed by atoms with Gasteiger partial charge in [0.2, 0.25) is 6.29 Å². The Morgan fingerprint density at radius 1 is 1.30 bits per heavy atom. The molecule has 6 heteroatoms. The molecule has 0 amide bonds. The van der Waals surface area contributed by atoms with Crippen LogP contribution in [0.15, 0.2) is 29.8 Å². The summed E-state index contributed by atoms with van der Waals surface area (Å²) in [5.74, 6) is -0.224. The average molecular weight is 275 g/mol. The van der Waals surface area contributed by atoms with Crippen molar-refractivity contribution >= 4 is 17.2 Å². The number of fused-ring (bicyclic) bond motifs is 1. The lowest BCUT2D eigenvalue weighted by molar-refractivity contribution is -0.384. The zero-order valence-corrected chi connectivity index (χ0v) is 10.9. The second kappa shape index (κ2) is 4.72. The van der Waals surface area contributed by atoms with Crippen LogP contribution in [-0.2, 0) is 14.3 Å². The highest BCUT2D eigenvalue weighted by atomic mass is 16.7. The molecule has 0 aliphatic carbocycles. The molecule has 6 nitrogen and oxygen atoms in total. The zero-order valence-electron chi connectivity index (χ0n) is 10.9. The van der Waals surface area contributed by atoms with E-state index in [1.807, 2.05) is 6.92 Å². The van der Waals surface area contributed by atoms with E-state index in [1.54, 1.807) is 12.1 Å². The summed E-state index contributed by atoms with van der Waals surface area (Å²) in [6.07, 6.45) is 0.232. The van der Waals surface area contributed by atoms with E-state index in [1.165, 1.54) is 12.1 Å². The first kappa shape index (κ1) is 12.8. The second-order valence-corrected chi connectivity index (χ2v) is 4.93. The third-order valence-electron chi connectivity index (χ3n) is 3.68. The fourth-order valence-electron chi connectivity index (χ4n) is 2.60. The van der Waals surface area contributed by atoms with Gasteiger partial charge in [0.15, 0.2) is 0 Å². The number of esters is 1. The van der Waals surface area contributed by atoms with Crippen molar-refractivity contribution in [2.24, 2.45) is 5.92 Å². The van der Waals surface area contributed by atoms with Crippen LogP contribution in [0.25, 0.3) is 5.57 Å². The molecule has 2 unspecified atom stereocenters. The van der Waals surface area contributed by atoms with Crippen molar-refractivity contribution in [2.75, 3.05) is 6.61 Å². The van der Waals surface area contributed by atoms with Crippen molar-refractivity contribution in [2.45, 2.75) is 19.6 Å². The van der Waals surface area contributed by atoms with Gasteiger partial charge in [0.1, 0.15) is 0 Å². The summed E-state index contributed by atoms with van der Waals surface area (Å²) < 4.78 is 10.7. The third-order valence-corrected chi connectivity index (χ3v) is 3.68. The molecule has 0 spiro atoms. The first-order chi connectivity index (χ1) is 9.58. The van der Waals surface area contributed by atoms with Crippen LogP contribution in [0.5, 0.6) is 0 Å². The van der Waals surface area contributed by atoms with Crippen LogP contribution in [0.4, 0.5) is 5.69 Å². The number of nitrogens with zero attached hydrogens (tertiary/aromatic N) is 1. The smallest absolute Gasteiger partial charge is 0.341 e. The second-order valence-electron chi connectivity index (χ2n) is 4.93. The summed E-state index contributed by atoms with van der Waals surface area (Å²) >= 11 is 0. The van der Waals surface area contributed by atoms with Crippen LogP contribution in [0.3, 0.4) is 0 Å². The molecule has 1 fully saturated rings. The number of carbonyl (C=O) groups is 1. The Hall–Kier alpha value is -2.21. The van der Waals surface area contributed by atoms with E-state index in [4.69, 9.17) is 9.47 Å². The standard InChI is InChI=1S/C14H13NO5/c1-8-6-7-19-14-11(8)12(13(16)20-14)9-2-4-10(5-3-9)15(17)18/h2-5,8,14H,6-7H2,1H3. The van der Waals surface area contributed by atoms with Crippen molar-refractivity contribution in [3.05, 3.63) is 45.5 Å². The van der Waals surface area contributed by atoms with Crippen LogP contribution in [0, 0.1) is 16.0 Å². The van der Waals surface area contributed by atoms with Gasteiger partial charge in [-0.2, -0.15) is 0 Å². The summed E-state index contributed by atoms with van der Waals surface area (Å²) in [5.41, 5.74) is 1.96. The molecule has 2 aliphatic heterocycles. The number of non-ortho nitro benzene ring substituents is 1. The lowest BCUT2D eigenvalue weighted by Gasteiger charge is -2.25. The molecule has 0 bridgehead atoms. The van der Waals surface area contributed by atoms with Crippen LogP contribution in [-0.4, -0.2) is 23.8 Å². The molecule has 1 aromatic carbocycles. The van der Waals surface area contributed by atoms with Crippen LogP contribution in [0.2, 0.25) is 0 Å². The number of rotatable bonds is 2. The Morgan fingerprint density at radius 2 is 2.00 bits per heavy atom. The highest BCUT2D eigenvalue weighted by Gasteiger charge is 2.40. The van der Waals surface area contributed by atoms with Crippen LogP contribution >= 0.6 is 0 Å². The zero-order chi connectivity index (χ0) is 14.3. The van der Waals surface area contributed by atoms with E-state index in [2.05, 4.69) is 0 Å². The lowest BCUT2D eigenvalue weighted by atomic mass is 9.89. The van der Waals surface area contributed by atoms with Crippen molar-refractivity contribution in [3.8, 4) is 0 Å². The van der Waals surface area contributed by atoms with Gasteiger partial charge in [0.25, 0.3) is 5.69 Å². The summed E-state index contributed by atoms with van der Waals surface area (Å²) in [6, 6.07) is 5.92. The number of carbonyl (C=O) groups excluding carboxylic acids is 1. The molecule has 3 rings (SSSR count). The van der Waals surface area contributed by atoms with Crippen LogP contribution < -0.4 is 0 Å². The summed E-state index contributed by atoms with van der Waals surface area (Å²) in [5, 5.41) is 10.7. The molecule has 0 saturated carbocycles. The first-order valence-corrected chi connectivity index (χ1v) is 6.39. The van der Waals surface area contributed by atoms with Gasteiger partial charge in [-0.15, -0.1) is 0 Å². The van der Waals surface area contributed by atoms with Gasteiger partial charge in [-0.05, 0) is 30.0 Å². The number of hydrogen-bond donors (Lipinski definition) is 0. The Balaban J connectivity index is 2.04. The molecule has 1 saturated heterocycles. The molecule has 104 valence electrons. The largest absolute Gasteiger partial charge is 0.428 e. The van der Waals surface area contributed by atoms with Gasteiger partial charge in [-0.25, -0.2) is 4.79 Å². The quantitative estimate of drug-likeness (QED) is 0.470. The van der Waals surface area contributed by atoms with Gasteiger partial charge >= 0.3 is 5.97 Å². The van der Waals surface area contributed by atoms with Crippen molar-refractivity contribution in [1.29, 1.82) is 0 Å². The molecule has 1 aromatic rings. The molecule has 0 N–H and O–H groups in total. The van der Waals surface area contributed by atoms with Gasteiger partial charge < -0.3 is 9.47 Å². The first-order valence-electron chi connectivity index (χ1n) is 6.39. The maximum atomic E-state index is 12.0. The monoisotopic (exact) mass is 275 g/mol. The molecule has 20 heavy (non-hydrogen) atoms. The summed E-state index contributed by atoms with van der Waals surface area (Å²) in [7, 11) is 0. The predicted octanol–water partition coefficient (Wildman–Crippen LogP) is 2.29. The Labute approximate surface area is 115 Å². The maximum absolute atomic E-state index is 12.0. The van der Waals surface area contributed by atoms with Gasteiger partial charge in [0.05, 0.1) is 17.1 Å². The molecular formula is C14H13NO5. The molecule has 2 atom stereocenters. The molecule has 2 aliphatic rings. The molecule has 0 aromatic heterocycles. The minimum atomic E-state index is -0.601. The Kier molecular flexibility index (Phi) is 3.02. The van der Waals surface area contributed by atoms with Crippen LogP contribution in [0.1, 0.15) is 18.9 Å². The van der Waals surface area contributed by atoms with E-state index in [-0.39, 0.29) is 11.6 Å². The highest BCUT2D eigenvalue weighted by molar-refractivity contribution is 6.19. The van der Waals surface area contributed by atoms with E-state index in [0.717, 1.165) is 12.0 Å². The lowest BCUT2D eigenvalue weighted by Crippen LogP contribution is -2.26.